The number of amides is 2. The van der Waals surface area contributed by atoms with Crippen molar-refractivity contribution in [3.05, 3.63) is 54.1 Å². The van der Waals surface area contributed by atoms with E-state index in [9.17, 15) is 9.59 Å². The fourth-order valence-corrected chi connectivity index (χ4v) is 4.93. The van der Waals surface area contributed by atoms with Gasteiger partial charge in [0.05, 0.1) is 0 Å². The van der Waals surface area contributed by atoms with Crippen LogP contribution in [0.3, 0.4) is 0 Å². The van der Waals surface area contributed by atoms with Gasteiger partial charge in [0.25, 0.3) is 0 Å². The number of anilines is 2. The average molecular weight is 437 g/mol. The normalized spacial score (nSPS) is 24.1. The first-order valence-electron chi connectivity index (χ1n) is 11.3. The van der Waals surface area contributed by atoms with Crippen molar-refractivity contribution in [1.29, 1.82) is 0 Å². The molecule has 32 heavy (non-hydrogen) atoms. The van der Waals surface area contributed by atoms with E-state index < -0.39 is 0 Å². The van der Waals surface area contributed by atoms with Crippen molar-refractivity contribution in [1.82, 2.24) is 0 Å². The van der Waals surface area contributed by atoms with Gasteiger partial charge in [-0.15, -0.1) is 0 Å². The third kappa shape index (κ3) is 4.49. The fourth-order valence-electron chi connectivity index (χ4n) is 4.93. The smallest absolute Gasteiger partial charge is 0.230 e. The van der Waals surface area contributed by atoms with Crippen molar-refractivity contribution < 1.29 is 14.3 Å². The number of carbonyl (C=O) groups is 2. The molecule has 0 aromatic heterocycles. The summed E-state index contributed by atoms with van der Waals surface area (Å²) < 4.78 is 5.49. The van der Waals surface area contributed by atoms with Crippen LogP contribution in [0.1, 0.15) is 44.1 Å². The standard InChI is InChI=1S/C25H32N4O3/c26-15-16-32-21-7-5-20(6-8-21)29-23(31)25-12-9-24(10-13-25,11-14-25)22(30)28-19-3-1-18(17-27)2-4-19/h1-8H,9-17,26-27H2,(H,28,30)(H,29,31). The number of fused-ring (bicyclic) bond motifs is 3. The summed E-state index contributed by atoms with van der Waals surface area (Å²) in [5.74, 6) is 0.856. The number of hydrogen-bond donors (Lipinski definition) is 4. The Morgan fingerprint density at radius 1 is 0.750 bits per heavy atom. The van der Waals surface area contributed by atoms with E-state index in [0.717, 1.165) is 61.2 Å². The molecule has 3 aliphatic carbocycles. The molecule has 0 aliphatic heterocycles. The molecule has 0 spiro atoms. The number of hydrogen-bond acceptors (Lipinski definition) is 5. The Balaban J connectivity index is 1.35. The summed E-state index contributed by atoms with van der Waals surface area (Å²) in [7, 11) is 0. The minimum atomic E-state index is -0.389. The first-order chi connectivity index (χ1) is 15.5. The zero-order valence-electron chi connectivity index (χ0n) is 18.4. The van der Waals surface area contributed by atoms with Crippen molar-refractivity contribution in [2.45, 2.75) is 45.1 Å². The van der Waals surface area contributed by atoms with Crippen molar-refractivity contribution in [2.24, 2.45) is 22.3 Å². The molecule has 0 unspecified atom stereocenters. The summed E-state index contributed by atoms with van der Waals surface area (Å²) in [6.07, 6.45) is 4.40. The molecule has 0 heterocycles. The molecule has 170 valence electrons. The molecule has 0 radical (unpaired) electrons. The lowest BCUT2D eigenvalue weighted by molar-refractivity contribution is -0.144. The molecule has 0 atom stereocenters. The average Bonchev–Trinajstić information content (AvgIpc) is 2.85. The molecule has 2 aromatic carbocycles. The molecule has 7 heteroatoms. The Labute approximate surface area is 188 Å². The van der Waals surface area contributed by atoms with Gasteiger partial charge in [-0.1, -0.05) is 12.1 Å². The minimum Gasteiger partial charge on any atom is -0.492 e. The lowest BCUT2D eigenvalue weighted by Gasteiger charge is -2.51. The van der Waals surface area contributed by atoms with Crippen LogP contribution in [0.2, 0.25) is 0 Å². The van der Waals surface area contributed by atoms with Crippen LogP contribution in [0.5, 0.6) is 5.75 Å². The van der Waals surface area contributed by atoms with E-state index in [4.69, 9.17) is 16.2 Å². The number of rotatable bonds is 8. The Bertz CT molecular complexity index is 932. The predicted molar refractivity (Wildman–Crippen MR) is 125 cm³/mol. The van der Waals surface area contributed by atoms with E-state index in [1.54, 1.807) is 0 Å². The summed E-state index contributed by atoms with van der Waals surface area (Å²) in [6.45, 7) is 1.40. The third-order valence-corrected chi connectivity index (χ3v) is 7.16. The molecule has 7 nitrogen and oxygen atoms in total. The monoisotopic (exact) mass is 436 g/mol. The lowest BCUT2D eigenvalue weighted by Crippen LogP contribution is -2.52. The zero-order valence-corrected chi connectivity index (χ0v) is 18.4. The second-order valence-corrected chi connectivity index (χ2v) is 9.03. The molecular weight excluding hydrogens is 404 g/mol. The van der Waals surface area contributed by atoms with Gasteiger partial charge in [0.1, 0.15) is 12.4 Å². The second kappa shape index (κ2) is 9.30. The molecule has 0 saturated heterocycles. The molecular formula is C25H32N4O3. The molecule has 2 bridgehead atoms. The summed E-state index contributed by atoms with van der Waals surface area (Å²) in [5, 5.41) is 6.15. The van der Waals surface area contributed by atoms with E-state index in [2.05, 4.69) is 10.6 Å². The first-order valence-corrected chi connectivity index (χ1v) is 11.3. The van der Waals surface area contributed by atoms with Crippen LogP contribution in [0.4, 0.5) is 11.4 Å². The van der Waals surface area contributed by atoms with Gasteiger partial charge >= 0.3 is 0 Å². The summed E-state index contributed by atoms with van der Waals surface area (Å²) in [4.78, 5) is 26.3. The Hall–Kier alpha value is -2.90. The highest BCUT2D eigenvalue weighted by Gasteiger charge is 2.55. The Morgan fingerprint density at radius 2 is 1.19 bits per heavy atom. The number of ether oxygens (including phenoxy) is 1. The molecule has 3 aliphatic rings. The summed E-state index contributed by atoms with van der Waals surface area (Å²) in [6, 6.07) is 15.0. The second-order valence-electron chi connectivity index (χ2n) is 9.03. The fraction of sp³-hybridized carbons (Fsp3) is 0.440. The van der Waals surface area contributed by atoms with E-state index in [1.807, 2.05) is 48.5 Å². The lowest BCUT2D eigenvalue weighted by atomic mass is 9.53. The molecule has 3 saturated carbocycles. The quantitative estimate of drug-likeness (QED) is 0.506. The number of nitrogens with one attached hydrogen (secondary N) is 2. The van der Waals surface area contributed by atoms with E-state index in [-0.39, 0.29) is 22.6 Å². The van der Waals surface area contributed by atoms with E-state index >= 15 is 0 Å². The van der Waals surface area contributed by atoms with E-state index in [0.29, 0.717) is 19.7 Å². The van der Waals surface area contributed by atoms with Gasteiger partial charge < -0.3 is 26.8 Å². The number of nitrogens with two attached hydrogens (primary N) is 2. The van der Waals surface area contributed by atoms with Crippen LogP contribution in [-0.4, -0.2) is 25.0 Å². The molecule has 5 rings (SSSR count). The SMILES string of the molecule is NCCOc1ccc(NC(=O)C23CCC(C(=O)Nc4ccc(CN)cc4)(CC2)CC3)cc1. The van der Waals surface area contributed by atoms with Gasteiger partial charge in [0.2, 0.25) is 11.8 Å². The van der Waals surface area contributed by atoms with Crippen molar-refractivity contribution in [2.75, 3.05) is 23.8 Å². The molecule has 2 amide bonds. The maximum atomic E-state index is 13.2. The van der Waals surface area contributed by atoms with Gasteiger partial charge in [0, 0.05) is 35.3 Å². The van der Waals surface area contributed by atoms with Gasteiger partial charge in [0.15, 0.2) is 0 Å². The summed E-state index contributed by atoms with van der Waals surface area (Å²) >= 11 is 0. The zero-order chi connectivity index (χ0) is 22.6. The largest absolute Gasteiger partial charge is 0.492 e. The van der Waals surface area contributed by atoms with Gasteiger partial charge in [-0.05, 0) is 80.5 Å². The van der Waals surface area contributed by atoms with Crippen LogP contribution >= 0.6 is 0 Å². The van der Waals surface area contributed by atoms with Crippen molar-refractivity contribution in [3.8, 4) is 5.75 Å². The van der Waals surface area contributed by atoms with Crippen molar-refractivity contribution in [3.63, 3.8) is 0 Å². The van der Waals surface area contributed by atoms with Crippen LogP contribution in [0, 0.1) is 10.8 Å². The van der Waals surface area contributed by atoms with Gasteiger partial charge in [-0.3, -0.25) is 9.59 Å². The molecule has 3 fully saturated rings. The van der Waals surface area contributed by atoms with Crippen LogP contribution < -0.4 is 26.8 Å². The Morgan fingerprint density at radius 3 is 1.59 bits per heavy atom. The van der Waals surface area contributed by atoms with Crippen LogP contribution in [0.15, 0.2) is 48.5 Å². The highest BCUT2D eigenvalue weighted by Crippen LogP contribution is 2.57. The van der Waals surface area contributed by atoms with Crippen molar-refractivity contribution >= 4 is 23.2 Å². The predicted octanol–water partition coefficient (Wildman–Crippen LogP) is 3.40. The van der Waals surface area contributed by atoms with Gasteiger partial charge in [-0.25, -0.2) is 0 Å². The number of benzene rings is 2. The minimum absolute atomic E-state index is 0.0548. The maximum Gasteiger partial charge on any atom is 0.230 e. The van der Waals surface area contributed by atoms with Crippen LogP contribution in [-0.2, 0) is 16.1 Å². The highest BCUT2D eigenvalue weighted by atomic mass is 16.5. The molecule has 2 aromatic rings. The summed E-state index contributed by atoms with van der Waals surface area (Å²) in [5.41, 5.74) is 12.9. The maximum absolute atomic E-state index is 13.2. The topological polar surface area (TPSA) is 119 Å². The highest BCUT2D eigenvalue weighted by molar-refractivity contribution is 5.98. The van der Waals surface area contributed by atoms with Crippen LogP contribution in [0.25, 0.3) is 0 Å². The molecule has 6 N–H and O–H groups in total. The number of carbonyl (C=O) groups excluding carboxylic acids is 2. The Kier molecular flexibility index (Phi) is 6.48. The first kappa shape index (κ1) is 22.3. The third-order valence-electron chi connectivity index (χ3n) is 7.16. The van der Waals surface area contributed by atoms with Gasteiger partial charge in [-0.2, -0.15) is 0 Å². The van der Waals surface area contributed by atoms with E-state index in [1.165, 1.54) is 0 Å².